The number of nitrogens with zero attached hydrogens (tertiary/aromatic N) is 1. The molecule has 0 spiro atoms. The van der Waals surface area contributed by atoms with Gasteiger partial charge in [-0.1, -0.05) is 25.6 Å². The Kier molecular flexibility index (Phi) is 3.62. The molecular formula is C8H14N2OS. The van der Waals surface area contributed by atoms with Crippen molar-refractivity contribution in [2.45, 2.75) is 25.1 Å². The summed E-state index contributed by atoms with van der Waals surface area (Å²) >= 11 is 1.56. The molecule has 1 atom stereocenters. The van der Waals surface area contributed by atoms with Crippen LogP contribution in [0.3, 0.4) is 0 Å². The second-order valence-corrected chi connectivity index (χ2v) is 3.99. The topological polar surface area (TPSA) is 52.0 Å². The van der Waals surface area contributed by atoms with Crippen LogP contribution in [-0.4, -0.2) is 16.8 Å². The molecule has 2 N–H and O–H groups in total. The molecule has 0 fully saturated rings. The minimum Gasteiger partial charge on any atom is -0.440 e. The lowest BCUT2D eigenvalue weighted by molar-refractivity contribution is 0.452. The Balaban J connectivity index is 2.27. The summed E-state index contributed by atoms with van der Waals surface area (Å²) in [5.41, 5.74) is 5.84. The molecule has 0 aliphatic carbocycles. The van der Waals surface area contributed by atoms with Crippen molar-refractivity contribution in [1.29, 1.82) is 0 Å². The minimum absolute atomic E-state index is 0.210. The number of oxazole rings is 1. The highest BCUT2D eigenvalue weighted by molar-refractivity contribution is 7.99. The average molecular weight is 186 g/mol. The lowest BCUT2D eigenvalue weighted by Gasteiger charge is -2.12. The molecule has 0 amide bonds. The third-order valence-electron chi connectivity index (χ3n) is 1.67. The Labute approximate surface area is 76.7 Å². The Bertz CT molecular complexity index is 211. The summed E-state index contributed by atoms with van der Waals surface area (Å²) in [6.07, 6.45) is 3.21. The summed E-state index contributed by atoms with van der Waals surface area (Å²) < 4.78 is 5.06. The highest BCUT2D eigenvalue weighted by Gasteiger charge is 2.09. The van der Waals surface area contributed by atoms with Gasteiger partial charge in [-0.2, -0.15) is 0 Å². The quantitative estimate of drug-likeness (QED) is 0.728. The third-order valence-corrected chi connectivity index (χ3v) is 2.67. The van der Waals surface area contributed by atoms with Crippen LogP contribution in [0.1, 0.15) is 13.8 Å². The predicted octanol–water partition coefficient (Wildman–Crippen LogP) is 1.75. The first-order valence-electron chi connectivity index (χ1n) is 3.98. The maximum atomic E-state index is 5.84. The first-order valence-corrected chi connectivity index (χ1v) is 4.96. The van der Waals surface area contributed by atoms with Crippen LogP contribution in [0.5, 0.6) is 0 Å². The van der Waals surface area contributed by atoms with Crippen molar-refractivity contribution >= 4 is 11.8 Å². The van der Waals surface area contributed by atoms with Crippen LogP contribution in [0.15, 0.2) is 22.1 Å². The van der Waals surface area contributed by atoms with Gasteiger partial charge in [0.15, 0.2) is 0 Å². The Morgan fingerprint density at radius 2 is 2.42 bits per heavy atom. The molecule has 0 aliphatic heterocycles. The molecule has 1 rings (SSSR count). The molecule has 0 aliphatic rings. The number of rotatable bonds is 4. The van der Waals surface area contributed by atoms with Gasteiger partial charge in [0.1, 0.15) is 6.26 Å². The number of hydrogen-bond acceptors (Lipinski definition) is 4. The molecule has 0 aromatic carbocycles. The largest absolute Gasteiger partial charge is 0.440 e. The Morgan fingerprint density at radius 1 is 1.67 bits per heavy atom. The van der Waals surface area contributed by atoms with Gasteiger partial charge in [-0.05, 0) is 5.92 Å². The Hall–Kier alpha value is -0.480. The molecule has 0 radical (unpaired) electrons. The van der Waals surface area contributed by atoms with Gasteiger partial charge in [0.2, 0.25) is 0 Å². The van der Waals surface area contributed by atoms with Gasteiger partial charge in [-0.15, -0.1) is 0 Å². The van der Waals surface area contributed by atoms with Crippen molar-refractivity contribution in [2.75, 3.05) is 5.75 Å². The van der Waals surface area contributed by atoms with E-state index in [4.69, 9.17) is 10.2 Å². The molecule has 1 heterocycles. The van der Waals surface area contributed by atoms with Crippen LogP contribution in [0.2, 0.25) is 0 Å². The van der Waals surface area contributed by atoms with E-state index in [0.29, 0.717) is 11.1 Å². The Morgan fingerprint density at radius 3 is 2.92 bits per heavy atom. The van der Waals surface area contributed by atoms with Crippen LogP contribution >= 0.6 is 11.8 Å². The minimum atomic E-state index is 0.210. The molecule has 3 nitrogen and oxygen atoms in total. The van der Waals surface area contributed by atoms with Crippen LogP contribution in [-0.2, 0) is 0 Å². The smallest absolute Gasteiger partial charge is 0.255 e. The van der Waals surface area contributed by atoms with Crippen molar-refractivity contribution < 1.29 is 4.42 Å². The third kappa shape index (κ3) is 2.87. The fourth-order valence-electron chi connectivity index (χ4n) is 0.642. The molecular weight excluding hydrogens is 172 g/mol. The van der Waals surface area contributed by atoms with E-state index in [-0.39, 0.29) is 6.04 Å². The zero-order chi connectivity index (χ0) is 8.97. The molecule has 0 saturated heterocycles. The summed E-state index contributed by atoms with van der Waals surface area (Å²) in [6.45, 7) is 4.22. The van der Waals surface area contributed by atoms with E-state index in [1.54, 1.807) is 24.2 Å². The van der Waals surface area contributed by atoms with E-state index >= 15 is 0 Å². The molecule has 1 aromatic heterocycles. The molecule has 1 aromatic rings. The summed E-state index contributed by atoms with van der Waals surface area (Å²) in [7, 11) is 0. The molecule has 4 heteroatoms. The lowest BCUT2D eigenvalue weighted by Crippen LogP contribution is -2.28. The van der Waals surface area contributed by atoms with Crippen LogP contribution in [0.25, 0.3) is 0 Å². The SMILES string of the molecule is CC(C)C(N)CSc1ncco1. The van der Waals surface area contributed by atoms with Gasteiger partial charge in [-0.25, -0.2) is 4.98 Å². The highest BCUT2D eigenvalue weighted by atomic mass is 32.2. The van der Waals surface area contributed by atoms with E-state index in [9.17, 15) is 0 Å². The summed E-state index contributed by atoms with van der Waals surface area (Å²) in [6, 6.07) is 0.210. The second kappa shape index (κ2) is 4.52. The van der Waals surface area contributed by atoms with Gasteiger partial charge in [0.25, 0.3) is 5.22 Å². The fourth-order valence-corrected chi connectivity index (χ4v) is 1.62. The molecule has 0 saturated carbocycles. The summed E-state index contributed by atoms with van der Waals surface area (Å²) in [5.74, 6) is 1.37. The van der Waals surface area contributed by atoms with Crippen molar-refractivity contribution in [2.24, 2.45) is 11.7 Å². The van der Waals surface area contributed by atoms with E-state index in [0.717, 1.165) is 5.75 Å². The number of thioether (sulfide) groups is 1. The van der Waals surface area contributed by atoms with Crippen LogP contribution in [0, 0.1) is 5.92 Å². The van der Waals surface area contributed by atoms with Gasteiger partial charge in [0, 0.05) is 11.8 Å². The van der Waals surface area contributed by atoms with Crippen molar-refractivity contribution in [1.82, 2.24) is 4.98 Å². The van der Waals surface area contributed by atoms with E-state index < -0.39 is 0 Å². The first kappa shape index (κ1) is 9.61. The number of hydrogen-bond donors (Lipinski definition) is 1. The molecule has 1 unspecified atom stereocenters. The summed E-state index contributed by atoms with van der Waals surface area (Å²) in [4.78, 5) is 3.99. The van der Waals surface area contributed by atoms with Crippen molar-refractivity contribution in [3.8, 4) is 0 Å². The number of nitrogens with two attached hydrogens (primary N) is 1. The maximum absolute atomic E-state index is 5.84. The van der Waals surface area contributed by atoms with Crippen LogP contribution in [0.4, 0.5) is 0 Å². The monoisotopic (exact) mass is 186 g/mol. The van der Waals surface area contributed by atoms with Crippen molar-refractivity contribution in [3.05, 3.63) is 12.5 Å². The molecule has 68 valence electrons. The van der Waals surface area contributed by atoms with Gasteiger partial charge < -0.3 is 10.2 Å². The predicted molar refractivity (Wildman–Crippen MR) is 50.0 cm³/mol. The number of aromatic nitrogens is 1. The summed E-state index contributed by atoms with van der Waals surface area (Å²) in [5, 5.41) is 0.700. The normalized spacial score (nSPS) is 13.7. The zero-order valence-corrected chi connectivity index (χ0v) is 8.17. The van der Waals surface area contributed by atoms with Gasteiger partial charge in [-0.3, -0.25) is 0 Å². The zero-order valence-electron chi connectivity index (χ0n) is 7.36. The van der Waals surface area contributed by atoms with Crippen LogP contribution < -0.4 is 5.73 Å². The second-order valence-electron chi connectivity index (χ2n) is 3.02. The van der Waals surface area contributed by atoms with E-state index in [1.165, 1.54) is 0 Å². The van der Waals surface area contributed by atoms with E-state index in [1.807, 2.05) is 0 Å². The van der Waals surface area contributed by atoms with Crippen molar-refractivity contribution in [3.63, 3.8) is 0 Å². The van der Waals surface area contributed by atoms with E-state index in [2.05, 4.69) is 18.8 Å². The maximum Gasteiger partial charge on any atom is 0.255 e. The first-order chi connectivity index (χ1) is 5.70. The molecule has 12 heavy (non-hydrogen) atoms. The standard InChI is InChI=1S/C8H14N2OS/c1-6(2)7(9)5-12-8-10-3-4-11-8/h3-4,6-7H,5,9H2,1-2H3. The van der Waals surface area contributed by atoms with Gasteiger partial charge >= 0.3 is 0 Å². The van der Waals surface area contributed by atoms with Gasteiger partial charge in [0.05, 0.1) is 6.20 Å². The molecule has 0 bridgehead atoms. The fraction of sp³-hybridized carbons (Fsp3) is 0.625. The lowest BCUT2D eigenvalue weighted by atomic mass is 10.1. The average Bonchev–Trinajstić information content (AvgIpc) is 2.51. The highest BCUT2D eigenvalue weighted by Crippen LogP contribution is 2.17.